The number of carbonyl (C=O) groups excluding carboxylic acids is 2. The fraction of sp³-hybridized carbons (Fsp3) is 0.692. The van der Waals surface area contributed by atoms with Gasteiger partial charge in [0, 0.05) is 6.42 Å². The van der Waals surface area contributed by atoms with E-state index in [1.165, 1.54) is 0 Å². The summed E-state index contributed by atoms with van der Waals surface area (Å²) < 4.78 is 9.58. The molecule has 2 N–H and O–H groups in total. The molecule has 0 saturated carbocycles. The first-order chi connectivity index (χ1) is 8.61. The van der Waals surface area contributed by atoms with E-state index < -0.39 is 6.04 Å². The van der Waals surface area contributed by atoms with Gasteiger partial charge in [0.05, 0.1) is 13.2 Å². The summed E-state index contributed by atoms with van der Waals surface area (Å²) in [4.78, 5) is 22.2. The third-order valence-electron chi connectivity index (χ3n) is 2.20. The van der Waals surface area contributed by atoms with Gasteiger partial charge in [-0.2, -0.15) is 0 Å². The quantitative estimate of drug-likeness (QED) is 0.385. The second kappa shape index (κ2) is 10.8. The lowest BCUT2D eigenvalue weighted by molar-refractivity contribution is -0.145. The molecule has 0 saturated heterocycles. The Morgan fingerprint density at radius 3 is 2.44 bits per heavy atom. The summed E-state index contributed by atoms with van der Waals surface area (Å²) in [6.45, 7) is 4.29. The molecule has 104 valence electrons. The molecule has 0 heterocycles. The molecule has 18 heavy (non-hydrogen) atoms. The number of rotatable bonds is 9. The fourth-order valence-corrected chi connectivity index (χ4v) is 1.30. The normalized spacial score (nSPS) is 12.4. The highest BCUT2D eigenvalue weighted by Crippen LogP contribution is 2.01. The van der Waals surface area contributed by atoms with Crippen LogP contribution in [-0.2, 0) is 19.1 Å². The van der Waals surface area contributed by atoms with Crippen molar-refractivity contribution >= 4 is 11.9 Å². The molecular weight excluding hydrogens is 234 g/mol. The minimum absolute atomic E-state index is 0.172. The predicted octanol–water partition coefficient (Wildman–Crippen LogP) is 1.56. The zero-order valence-corrected chi connectivity index (χ0v) is 11.2. The molecule has 0 aromatic carbocycles. The van der Waals surface area contributed by atoms with E-state index in [4.69, 9.17) is 15.2 Å². The molecule has 0 aliphatic heterocycles. The molecular formula is C13H23NO4. The summed E-state index contributed by atoms with van der Waals surface area (Å²) in [5.41, 5.74) is 5.61. The van der Waals surface area contributed by atoms with Gasteiger partial charge in [0.15, 0.2) is 0 Å². The maximum atomic E-state index is 11.2. The summed E-state index contributed by atoms with van der Waals surface area (Å²) in [6, 6.07) is -0.605. The van der Waals surface area contributed by atoms with Gasteiger partial charge in [-0.3, -0.25) is 9.59 Å². The van der Waals surface area contributed by atoms with Crippen LogP contribution in [0.5, 0.6) is 0 Å². The van der Waals surface area contributed by atoms with Crippen LogP contribution < -0.4 is 5.73 Å². The third kappa shape index (κ3) is 8.75. The van der Waals surface area contributed by atoms with E-state index in [1.807, 2.05) is 12.2 Å². The molecule has 0 aromatic rings. The van der Waals surface area contributed by atoms with E-state index in [0.717, 1.165) is 12.8 Å². The van der Waals surface area contributed by atoms with Crippen molar-refractivity contribution < 1.29 is 19.1 Å². The Bertz CT molecular complexity index is 276. The molecule has 0 aromatic heterocycles. The summed E-state index contributed by atoms with van der Waals surface area (Å²) in [6.07, 6.45) is 6.14. The van der Waals surface area contributed by atoms with Crippen LogP contribution >= 0.6 is 0 Å². The molecule has 0 aliphatic carbocycles. The van der Waals surface area contributed by atoms with Crippen LogP contribution in [0.3, 0.4) is 0 Å². The van der Waals surface area contributed by atoms with E-state index in [-0.39, 0.29) is 11.9 Å². The smallest absolute Gasteiger partial charge is 0.323 e. The highest BCUT2D eigenvalue weighted by atomic mass is 16.5. The summed E-state index contributed by atoms with van der Waals surface area (Å²) in [5, 5.41) is 0. The topological polar surface area (TPSA) is 78.6 Å². The van der Waals surface area contributed by atoms with Gasteiger partial charge in [-0.1, -0.05) is 12.2 Å². The number of esters is 2. The zero-order valence-electron chi connectivity index (χ0n) is 11.2. The average Bonchev–Trinajstić information content (AvgIpc) is 2.33. The van der Waals surface area contributed by atoms with Crippen molar-refractivity contribution in [1.82, 2.24) is 0 Å². The minimum atomic E-state index is -0.605. The molecule has 5 heteroatoms. The lowest BCUT2D eigenvalue weighted by Crippen LogP contribution is -2.31. The minimum Gasteiger partial charge on any atom is -0.466 e. The molecule has 0 spiro atoms. The molecule has 0 fully saturated rings. The number of hydrogen-bond donors (Lipinski definition) is 1. The molecule has 0 amide bonds. The Balaban J connectivity index is 3.59. The van der Waals surface area contributed by atoms with Crippen LogP contribution in [-0.4, -0.2) is 31.2 Å². The van der Waals surface area contributed by atoms with Gasteiger partial charge < -0.3 is 15.2 Å². The number of allylic oxidation sites excluding steroid dienone is 1. The van der Waals surface area contributed by atoms with Crippen LogP contribution in [0.2, 0.25) is 0 Å². The Morgan fingerprint density at radius 1 is 1.17 bits per heavy atom. The SMILES string of the molecule is CCOC(=O)CCC/C=C/CC(N)C(=O)OCC. The van der Waals surface area contributed by atoms with Gasteiger partial charge in [-0.15, -0.1) is 0 Å². The Hall–Kier alpha value is -1.36. The second-order valence-corrected chi connectivity index (χ2v) is 3.76. The highest BCUT2D eigenvalue weighted by molar-refractivity contribution is 5.75. The molecule has 0 radical (unpaired) electrons. The lowest BCUT2D eigenvalue weighted by Gasteiger charge is -2.07. The van der Waals surface area contributed by atoms with Crippen LogP contribution in [0.25, 0.3) is 0 Å². The summed E-state index contributed by atoms with van der Waals surface area (Å²) >= 11 is 0. The number of ether oxygens (including phenoxy) is 2. The lowest BCUT2D eigenvalue weighted by atomic mass is 10.2. The average molecular weight is 257 g/mol. The van der Waals surface area contributed by atoms with E-state index in [0.29, 0.717) is 26.1 Å². The fourth-order valence-electron chi connectivity index (χ4n) is 1.30. The first kappa shape index (κ1) is 16.6. The number of unbranched alkanes of at least 4 members (excludes halogenated alkanes) is 1. The van der Waals surface area contributed by atoms with E-state index in [1.54, 1.807) is 13.8 Å². The third-order valence-corrected chi connectivity index (χ3v) is 2.20. The van der Waals surface area contributed by atoms with Gasteiger partial charge in [0.25, 0.3) is 0 Å². The number of nitrogens with two attached hydrogens (primary N) is 1. The van der Waals surface area contributed by atoms with Crippen LogP contribution in [0.15, 0.2) is 12.2 Å². The van der Waals surface area contributed by atoms with E-state index in [2.05, 4.69) is 0 Å². The highest BCUT2D eigenvalue weighted by Gasteiger charge is 2.11. The number of hydrogen-bond acceptors (Lipinski definition) is 5. The molecule has 5 nitrogen and oxygen atoms in total. The standard InChI is InChI=1S/C13H23NO4/c1-3-17-12(15)10-8-6-5-7-9-11(14)13(16)18-4-2/h5,7,11H,3-4,6,8-10,14H2,1-2H3/b7-5+. The summed E-state index contributed by atoms with van der Waals surface area (Å²) in [7, 11) is 0. The monoisotopic (exact) mass is 257 g/mol. The van der Waals surface area contributed by atoms with Crippen LogP contribution in [0.1, 0.15) is 39.5 Å². The first-order valence-corrected chi connectivity index (χ1v) is 6.34. The molecule has 0 rings (SSSR count). The first-order valence-electron chi connectivity index (χ1n) is 6.34. The maximum absolute atomic E-state index is 11.2. The molecule has 0 bridgehead atoms. The summed E-state index contributed by atoms with van der Waals surface area (Å²) in [5.74, 6) is -0.553. The van der Waals surface area contributed by atoms with Crippen molar-refractivity contribution in [3.05, 3.63) is 12.2 Å². The van der Waals surface area contributed by atoms with Crippen molar-refractivity contribution in [1.29, 1.82) is 0 Å². The molecule has 1 atom stereocenters. The largest absolute Gasteiger partial charge is 0.466 e. The van der Waals surface area contributed by atoms with Gasteiger partial charge in [0.2, 0.25) is 0 Å². The van der Waals surface area contributed by atoms with Gasteiger partial charge >= 0.3 is 11.9 Å². The van der Waals surface area contributed by atoms with E-state index >= 15 is 0 Å². The Morgan fingerprint density at radius 2 is 1.83 bits per heavy atom. The Labute approximate surface area is 108 Å². The van der Waals surface area contributed by atoms with Gasteiger partial charge in [0.1, 0.15) is 6.04 Å². The van der Waals surface area contributed by atoms with Gasteiger partial charge in [-0.05, 0) is 33.1 Å². The second-order valence-electron chi connectivity index (χ2n) is 3.76. The maximum Gasteiger partial charge on any atom is 0.323 e. The zero-order chi connectivity index (χ0) is 13.8. The molecule has 0 aliphatic rings. The molecule has 1 unspecified atom stereocenters. The van der Waals surface area contributed by atoms with E-state index in [9.17, 15) is 9.59 Å². The van der Waals surface area contributed by atoms with Crippen molar-refractivity contribution in [3.8, 4) is 0 Å². The van der Waals surface area contributed by atoms with Crippen LogP contribution in [0, 0.1) is 0 Å². The Kier molecular flexibility index (Phi) is 9.96. The van der Waals surface area contributed by atoms with Gasteiger partial charge in [-0.25, -0.2) is 0 Å². The number of carbonyl (C=O) groups is 2. The van der Waals surface area contributed by atoms with Crippen molar-refractivity contribution in [2.75, 3.05) is 13.2 Å². The van der Waals surface area contributed by atoms with Crippen LogP contribution in [0.4, 0.5) is 0 Å². The van der Waals surface area contributed by atoms with Crippen molar-refractivity contribution in [2.45, 2.75) is 45.6 Å². The predicted molar refractivity (Wildman–Crippen MR) is 68.8 cm³/mol. The van der Waals surface area contributed by atoms with Crippen molar-refractivity contribution in [3.63, 3.8) is 0 Å². The van der Waals surface area contributed by atoms with Crippen molar-refractivity contribution in [2.24, 2.45) is 5.73 Å².